The number of ether oxygens (including phenoxy) is 1. The van der Waals surface area contributed by atoms with Gasteiger partial charge >= 0.3 is 0 Å². The smallest absolute Gasteiger partial charge is 0.228 e. The van der Waals surface area contributed by atoms with Crippen molar-refractivity contribution < 1.29 is 9.53 Å². The van der Waals surface area contributed by atoms with Crippen LogP contribution >= 0.6 is 22.7 Å². The van der Waals surface area contributed by atoms with Crippen LogP contribution in [0.1, 0.15) is 19.0 Å². The van der Waals surface area contributed by atoms with E-state index >= 15 is 0 Å². The Morgan fingerprint density at radius 2 is 2.43 bits per heavy atom. The number of aromatic nitrogens is 1. The number of thiophene rings is 1. The van der Waals surface area contributed by atoms with Crippen molar-refractivity contribution in [1.29, 1.82) is 0 Å². The summed E-state index contributed by atoms with van der Waals surface area (Å²) in [6, 6.07) is 4.08. The SMILES string of the molecule is CC[C@@H]1CN(C(=O)Cc2csc(-c3cccs3)n2)CCO1. The minimum absolute atomic E-state index is 0.153. The predicted molar refractivity (Wildman–Crippen MR) is 85.7 cm³/mol. The lowest BCUT2D eigenvalue weighted by Crippen LogP contribution is -2.46. The largest absolute Gasteiger partial charge is 0.375 e. The Bertz CT molecular complexity index is 595. The van der Waals surface area contributed by atoms with E-state index in [0.717, 1.165) is 22.0 Å². The molecule has 112 valence electrons. The maximum absolute atomic E-state index is 12.4. The molecule has 6 heteroatoms. The molecule has 2 aromatic rings. The summed E-state index contributed by atoms with van der Waals surface area (Å²) < 4.78 is 5.60. The fourth-order valence-electron chi connectivity index (χ4n) is 2.36. The third-order valence-electron chi connectivity index (χ3n) is 3.56. The maximum Gasteiger partial charge on any atom is 0.228 e. The Morgan fingerprint density at radius 3 is 3.19 bits per heavy atom. The van der Waals surface area contributed by atoms with E-state index in [0.29, 0.717) is 26.1 Å². The van der Waals surface area contributed by atoms with Gasteiger partial charge in [0.05, 0.1) is 29.7 Å². The third kappa shape index (κ3) is 3.51. The summed E-state index contributed by atoms with van der Waals surface area (Å²) in [7, 11) is 0. The Morgan fingerprint density at radius 1 is 1.52 bits per heavy atom. The van der Waals surface area contributed by atoms with Gasteiger partial charge in [-0.1, -0.05) is 13.0 Å². The number of hydrogen-bond donors (Lipinski definition) is 0. The van der Waals surface area contributed by atoms with Crippen molar-refractivity contribution in [3.63, 3.8) is 0 Å². The zero-order valence-corrected chi connectivity index (χ0v) is 13.6. The molecular weight excluding hydrogens is 304 g/mol. The van der Waals surface area contributed by atoms with Gasteiger partial charge in [0.2, 0.25) is 5.91 Å². The van der Waals surface area contributed by atoms with E-state index in [4.69, 9.17) is 4.74 Å². The van der Waals surface area contributed by atoms with Crippen LogP contribution in [0.15, 0.2) is 22.9 Å². The van der Waals surface area contributed by atoms with Crippen molar-refractivity contribution in [3.8, 4) is 9.88 Å². The lowest BCUT2D eigenvalue weighted by atomic mass is 10.2. The average Bonchev–Trinajstić information content (AvgIpc) is 3.18. The van der Waals surface area contributed by atoms with Gasteiger partial charge in [-0.05, 0) is 17.9 Å². The number of morpholine rings is 1. The normalized spacial score (nSPS) is 18.9. The van der Waals surface area contributed by atoms with E-state index in [1.165, 1.54) is 0 Å². The molecule has 0 aromatic carbocycles. The summed E-state index contributed by atoms with van der Waals surface area (Å²) in [5, 5.41) is 5.03. The van der Waals surface area contributed by atoms with Crippen molar-refractivity contribution in [3.05, 3.63) is 28.6 Å². The Labute approximate surface area is 132 Å². The molecule has 3 heterocycles. The van der Waals surface area contributed by atoms with Crippen LogP contribution in [0, 0.1) is 0 Å². The third-order valence-corrected chi connectivity index (χ3v) is 5.49. The maximum atomic E-state index is 12.4. The topological polar surface area (TPSA) is 42.4 Å². The molecule has 0 radical (unpaired) electrons. The van der Waals surface area contributed by atoms with Crippen LogP contribution in [-0.4, -0.2) is 41.6 Å². The van der Waals surface area contributed by atoms with Crippen LogP contribution in [0.2, 0.25) is 0 Å². The van der Waals surface area contributed by atoms with Crippen LogP contribution in [-0.2, 0) is 16.0 Å². The molecule has 2 aromatic heterocycles. The second-order valence-corrected chi connectivity index (χ2v) is 6.84. The van der Waals surface area contributed by atoms with Gasteiger partial charge < -0.3 is 9.64 Å². The summed E-state index contributed by atoms with van der Waals surface area (Å²) in [4.78, 5) is 20.0. The summed E-state index contributed by atoms with van der Waals surface area (Å²) in [5.41, 5.74) is 0.868. The quantitative estimate of drug-likeness (QED) is 0.869. The van der Waals surface area contributed by atoms with Crippen LogP contribution in [0.3, 0.4) is 0 Å². The number of amides is 1. The predicted octanol–water partition coefficient (Wildman–Crippen LogP) is 3.05. The molecule has 1 amide bonds. The molecule has 1 saturated heterocycles. The van der Waals surface area contributed by atoms with Crippen molar-refractivity contribution in [2.75, 3.05) is 19.7 Å². The van der Waals surface area contributed by atoms with Crippen molar-refractivity contribution in [2.24, 2.45) is 0 Å². The molecule has 0 N–H and O–H groups in total. The van der Waals surface area contributed by atoms with Gasteiger partial charge in [0.1, 0.15) is 5.01 Å². The van der Waals surface area contributed by atoms with Gasteiger partial charge in [0.25, 0.3) is 0 Å². The molecule has 0 bridgehead atoms. The lowest BCUT2D eigenvalue weighted by molar-refractivity contribution is -0.138. The number of rotatable bonds is 4. The highest BCUT2D eigenvalue weighted by Gasteiger charge is 2.23. The Hall–Kier alpha value is -1.24. The number of carbonyl (C=O) groups excluding carboxylic acids is 1. The van der Waals surface area contributed by atoms with Crippen molar-refractivity contribution in [1.82, 2.24) is 9.88 Å². The standard InChI is InChI=1S/C15H18N2O2S2/c1-2-12-9-17(5-6-19-12)14(18)8-11-10-21-15(16-11)13-4-3-7-20-13/h3-4,7,10,12H,2,5-6,8-9H2,1H3/t12-/m1/s1. The van der Waals surface area contributed by atoms with Crippen LogP contribution in [0.4, 0.5) is 0 Å². The molecule has 21 heavy (non-hydrogen) atoms. The van der Waals surface area contributed by atoms with E-state index in [1.54, 1.807) is 22.7 Å². The molecule has 1 fully saturated rings. The summed E-state index contributed by atoms with van der Waals surface area (Å²) >= 11 is 3.28. The first-order valence-corrected chi connectivity index (χ1v) is 8.90. The molecule has 0 unspecified atom stereocenters. The highest BCUT2D eigenvalue weighted by Crippen LogP contribution is 2.28. The van der Waals surface area contributed by atoms with Crippen molar-refractivity contribution in [2.45, 2.75) is 25.9 Å². The molecule has 0 aliphatic carbocycles. The van der Waals surface area contributed by atoms with Gasteiger partial charge in [0, 0.05) is 18.5 Å². The van der Waals surface area contributed by atoms with Crippen LogP contribution in [0.5, 0.6) is 0 Å². The lowest BCUT2D eigenvalue weighted by Gasteiger charge is -2.32. The van der Waals surface area contributed by atoms with Crippen LogP contribution in [0.25, 0.3) is 9.88 Å². The van der Waals surface area contributed by atoms with Gasteiger partial charge in [-0.15, -0.1) is 22.7 Å². The first-order chi connectivity index (χ1) is 10.3. The van der Waals surface area contributed by atoms with Crippen LogP contribution < -0.4 is 0 Å². The first kappa shape index (κ1) is 14.7. The molecule has 0 saturated carbocycles. The van der Waals surface area contributed by atoms with E-state index < -0.39 is 0 Å². The van der Waals surface area contributed by atoms with Crippen molar-refractivity contribution >= 4 is 28.6 Å². The van der Waals surface area contributed by atoms with E-state index in [2.05, 4.69) is 18.0 Å². The summed E-state index contributed by atoms with van der Waals surface area (Å²) in [6.45, 7) is 4.13. The van der Waals surface area contributed by atoms with E-state index in [9.17, 15) is 4.79 Å². The Balaban J connectivity index is 1.62. The van der Waals surface area contributed by atoms with Gasteiger partial charge in [-0.3, -0.25) is 4.79 Å². The second kappa shape index (κ2) is 6.68. The first-order valence-electron chi connectivity index (χ1n) is 7.14. The fourth-order valence-corrected chi connectivity index (χ4v) is 4.00. The number of carbonyl (C=O) groups is 1. The zero-order valence-electron chi connectivity index (χ0n) is 11.9. The number of hydrogen-bond acceptors (Lipinski definition) is 5. The van der Waals surface area contributed by atoms with E-state index in [-0.39, 0.29) is 12.0 Å². The molecule has 1 aliphatic heterocycles. The monoisotopic (exact) mass is 322 g/mol. The molecule has 1 aliphatic rings. The molecule has 0 spiro atoms. The van der Waals surface area contributed by atoms with E-state index in [1.807, 2.05) is 21.7 Å². The Kier molecular flexibility index (Phi) is 4.67. The number of nitrogens with zero attached hydrogens (tertiary/aromatic N) is 2. The minimum atomic E-state index is 0.153. The molecule has 4 nitrogen and oxygen atoms in total. The number of thiazole rings is 1. The van der Waals surface area contributed by atoms with Gasteiger partial charge in [-0.25, -0.2) is 4.98 Å². The zero-order chi connectivity index (χ0) is 14.7. The minimum Gasteiger partial charge on any atom is -0.375 e. The molecular formula is C15H18N2O2S2. The fraction of sp³-hybridized carbons (Fsp3) is 0.467. The highest BCUT2D eigenvalue weighted by molar-refractivity contribution is 7.20. The van der Waals surface area contributed by atoms with Gasteiger partial charge in [-0.2, -0.15) is 0 Å². The summed E-state index contributed by atoms with van der Waals surface area (Å²) in [6.07, 6.45) is 1.52. The van der Waals surface area contributed by atoms with Gasteiger partial charge in [0.15, 0.2) is 0 Å². The average molecular weight is 322 g/mol. The highest BCUT2D eigenvalue weighted by atomic mass is 32.1. The summed E-state index contributed by atoms with van der Waals surface area (Å²) in [5.74, 6) is 0.153. The molecule has 1 atom stereocenters. The second-order valence-electron chi connectivity index (χ2n) is 5.04. The molecule has 3 rings (SSSR count).